The molecule has 5 heteroatoms. The second-order valence-electron chi connectivity index (χ2n) is 7.18. The first kappa shape index (κ1) is 18.7. The number of benzene rings is 2. The average Bonchev–Trinajstić information content (AvgIpc) is 3.00. The molecule has 0 atom stereocenters. The Morgan fingerprint density at radius 3 is 2.56 bits per heavy atom. The highest BCUT2D eigenvalue weighted by Gasteiger charge is 2.20. The van der Waals surface area contributed by atoms with Gasteiger partial charge in [-0.25, -0.2) is 0 Å². The second-order valence-corrected chi connectivity index (χ2v) is 7.18. The van der Waals surface area contributed by atoms with Crippen LogP contribution in [0.3, 0.4) is 0 Å². The molecule has 3 N–H and O–H groups in total. The minimum atomic E-state index is -0.236. The number of carbonyl (C=O) groups is 2. The van der Waals surface area contributed by atoms with E-state index < -0.39 is 0 Å². The fourth-order valence-electron chi connectivity index (χ4n) is 2.98. The lowest BCUT2D eigenvalue weighted by Crippen LogP contribution is -2.27. The maximum atomic E-state index is 12.7. The summed E-state index contributed by atoms with van der Waals surface area (Å²) in [4.78, 5) is 28.6. The van der Waals surface area contributed by atoms with Crippen molar-refractivity contribution in [3.8, 4) is 0 Å². The van der Waals surface area contributed by atoms with Crippen LogP contribution in [0.5, 0.6) is 0 Å². The summed E-state index contributed by atoms with van der Waals surface area (Å²) in [7, 11) is 0. The van der Waals surface area contributed by atoms with Gasteiger partial charge in [0.15, 0.2) is 0 Å². The smallest absolute Gasteiger partial charge is 0.269 e. The van der Waals surface area contributed by atoms with Crippen molar-refractivity contribution in [3.63, 3.8) is 0 Å². The van der Waals surface area contributed by atoms with E-state index in [4.69, 9.17) is 0 Å². The highest BCUT2D eigenvalue weighted by Crippen LogP contribution is 2.28. The van der Waals surface area contributed by atoms with E-state index in [1.807, 2.05) is 49.4 Å². The van der Waals surface area contributed by atoms with Crippen molar-refractivity contribution >= 4 is 28.4 Å². The van der Waals surface area contributed by atoms with Gasteiger partial charge in [0.05, 0.1) is 5.69 Å². The number of H-pyrrole nitrogens is 1. The SMILES string of the molecule is Cc1cccc(C(=O)Nc2c(C(=O)NCCC(C)C)[nH]c3ccccc23)c1. The van der Waals surface area contributed by atoms with Crippen LogP contribution in [-0.4, -0.2) is 23.3 Å². The highest BCUT2D eigenvalue weighted by atomic mass is 16.2. The minimum absolute atomic E-state index is 0.216. The molecule has 0 radical (unpaired) electrons. The fraction of sp³-hybridized carbons (Fsp3) is 0.273. The molecule has 2 aromatic carbocycles. The van der Waals surface area contributed by atoms with Crippen LogP contribution in [0.25, 0.3) is 10.9 Å². The van der Waals surface area contributed by atoms with Crippen LogP contribution >= 0.6 is 0 Å². The number of hydrogen-bond acceptors (Lipinski definition) is 2. The molecule has 2 amide bonds. The molecule has 0 saturated carbocycles. The molecule has 0 saturated heterocycles. The standard InChI is InChI=1S/C22H25N3O2/c1-14(2)11-12-23-22(27)20-19(17-9-4-5-10-18(17)24-20)25-21(26)16-8-6-7-15(3)13-16/h4-10,13-14,24H,11-12H2,1-3H3,(H,23,27)(H,25,26). The molecule has 1 heterocycles. The Hall–Kier alpha value is -3.08. The Bertz CT molecular complexity index is 973. The molecule has 0 bridgehead atoms. The summed E-state index contributed by atoms with van der Waals surface area (Å²) in [6.45, 7) is 6.76. The zero-order chi connectivity index (χ0) is 19.4. The summed E-state index contributed by atoms with van der Waals surface area (Å²) in [5.41, 5.74) is 3.27. The van der Waals surface area contributed by atoms with Crippen molar-refractivity contribution in [2.24, 2.45) is 5.92 Å². The van der Waals surface area contributed by atoms with E-state index in [-0.39, 0.29) is 11.8 Å². The van der Waals surface area contributed by atoms with Crippen molar-refractivity contribution in [1.29, 1.82) is 0 Å². The van der Waals surface area contributed by atoms with Gasteiger partial charge in [0.2, 0.25) is 0 Å². The molecule has 0 aliphatic carbocycles. The molecule has 3 aromatic rings. The Labute approximate surface area is 159 Å². The van der Waals surface area contributed by atoms with Gasteiger partial charge in [0.1, 0.15) is 5.69 Å². The summed E-state index contributed by atoms with van der Waals surface area (Å²) >= 11 is 0. The molecule has 27 heavy (non-hydrogen) atoms. The largest absolute Gasteiger partial charge is 0.351 e. The van der Waals surface area contributed by atoms with Gasteiger partial charge in [0, 0.05) is 23.0 Å². The molecule has 0 aliphatic rings. The first-order valence-electron chi connectivity index (χ1n) is 9.22. The number of rotatable bonds is 6. The molecule has 0 aliphatic heterocycles. The van der Waals surface area contributed by atoms with Gasteiger partial charge in [-0.1, -0.05) is 49.7 Å². The van der Waals surface area contributed by atoms with Gasteiger partial charge < -0.3 is 15.6 Å². The summed E-state index contributed by atoms with van der Waals surface area (Å²) < 4.78 is 0. The van der Waals surface area contributed by atoms with Crippen molar-refractivity contribution < 1.29 is 9.59 Å². The van der Waals surface area contributed by atoms with Gasteiger partial charge in [-0.15, -0.1) is 0 Å². The summed E-state index contributed by atoms with van der Waals surface area (Å²) in [6.07, 6.45) is 0.900. The number of para-hydroxylation sites is 1. The molecule has 0 spiro atoms. The molecular weight excluding hydrogens is 338 g/mol. The van der Waals surface area contributed by atoms with E-state index in [2.05, 4.69) is 29.5 Å². The van der Waals surface area contributed by atoms with Crippen LogP contribution in [0.4, 0.5) is 5.69 Å². The van der Waals surface area contributed by atoms with Crippen LogP contribution in [0.1, 0.15) is 46.7 Å². The highest BCUT2D eigenvalue weighted by molar-refractivity contribution is 6.15. The number of carbonyl (C=O) groups excluding carboxylic acids is 2. The Morgan fingerprint density at radius 1 is 1.04 bits per heavy atom. The van der Waals surface area contributed by atoms with E-state index in [9.17, 15) is 9.59 Å². The third-order valence-corrected chi connectivity index (χ3v) is 4.46. The number of hydrogen-bond donors (Lipinski definition) is 3. The number of aromatic nitrogens is 1. The number of anilines is 1. The van der Waals surface area contributed by atoms with Crippen LogP contribution in [0.15, 0.2) is 48.5 Å². The minimum Gasteiger partial charge on any atom is -0.351 e. The topological polar surface area (TPSA) is 74.0 Å². The van der Waals surface area contributed by atoms with Gasteiger partial charge in [-0.3, -0.25) is 9.59 Å². The van der Waals surface area contributed by atoms with Crippen molar-refractivity contribution in [2.75, 3.05) is 11.9 Å². The molecule has 0 fully saturated rings. The van der Waals surface area contributed by atoms with E-state index in [0.717, 1.165) is 22.9 Å². The first-order chi connectivity index (χ1) is 13.0. The average molecular weight is 363 g/mol. The predicted molar refractivity (Wildman–Crippen MR) is 109 cm³/mol. The van der Waals surface area contributed by atoms with E-state index in [1.165, 1.54) is 0 Å². The van der Waals surface area contributed by atoms with Crippen LogP contribution in [-0.2, 0) is 0 Å². The van der Waals surface area contributed by atoms with E-state index in [1.54, 1.807) is 6.07 Å². The molecule has 0 unspecified atom stereocenters. The Morgan fingerprint density at radius 2 is 1.81 bits per heavy atom. The van der Waals surface area contributed by atoms with E-state index in [0.29, 0.717) is 29.4 Å². The number of aromatic amines is 1. The summed E-state index contributed by atoms with van der Waals surface area (Å²) in [5, 5.41) is 6.67. The maximum absolute atomic E-state index is 12.7. The van der Waals surface area contributed by atoms with Crippen molar-refractivity contribution in [3.05, 3.63) is 65.4 Å². The quantitative estimate of drug-likeness (QED) is 0.603. The lowest BCUT2D eigenvalue weighted by atomic mass is 10.1. The molecular formula is C22H25N3O2. The van der Waals surface area contributed by atoms with Gasteiger partial charge in [-0.2, -0.15) is 0 Å². The van der Waals surface area contributed by atoms with Crippen molar-refractivity contribution in [1.82, 2.24) is 10.3 Å². The molecule has 5 nitrogen and oxygen atoms in total. The van der Waals surface area contributed by atoms with Gasteiger partial charge in [0.25, 0.3) is 11.8 Å². The first-order valence-corrected chi connectivity index (χ1v) is 9.22. The lowest BCUT2D eigenvalue weighted by Gasteiger charge is -2.10. The number of fused-ring (bicyclic) bond motifs is 1. The maximum Gasteiger partial charge on any atom is 0.269 e. The van der Waals surface area contributed by atoms with Crippen LogP contribution < -0.4 is 10.6 Å². The van der Waals surface area contributed by atoms with Gasteiger partial charge in [-0.05, 0) is 37.5 Å². The monoisotopic (exact) mass is 363 g/mol. The zero-order valence-corrected chi connectivity index (χ0v) is 15.9. The zero-order valence-electron chi connectivity index (χ0n) is 15.9. The normalized spacial score (nSPS) is 11.0. The summed E-state index contributed by atoms with van der Waals surface area (Å²) in [6, 6.07) is 14.9. The Balaban J connectivity index is 1.90. The molecule has 1 aromatic heterocycles. The Kier molecular flexibility index (Phi) is 5.60. The molecule has 140 valence electrons. The number of nitrogens with one attached hydrogen (secondary N) is 3. The third kappa shape index (κ3) is 4.37. The van der Waals surface area contributed by atoms with Crippen LogP contribution in [0.2, 0.25) is 0 Å². The lowest BCUT2D eigenvalue weighted by molar-refractivity contribution is 0.0948. The predicted octanol–water partition coefficient (Wildman–Crippen LogP) is 4.50. The third-order valence-electron chi connectivity index (χ3n) is 4.46. The van der Waals surface area contributed by atoms with E-state index >= 15 is 0 Å². The molecule has 3 rings (SSSR count). The van der Waals surface area contributed by atoms with Gasteiger partial charge >= 0.3 is 0 Å². The fourth-order valence-corrected chi connectivity index (χ4v) is 2.98. The summed E-state index contributed by atoms with van der Waals surface area (Å²) in [5.74, 6) is 0.0552. The van der Waals surface area contributed by atoms with Crippen LogP contribution in [0, 0.1) is 12.8 Å². The second kappa shape index (κ2) is 8.08. The van der Waals surface area contributed by atoms with Crippen molar-refractivity contribution in [2.45, 2.75) is 27.2 Å². The number of aryl methyl sites for hydroxylation is 1. The number of amides is 2.